The van der Waals surface area contributed by atoms with E-state index in [1.165, 1.54) is 12.1 Å². The van der Waals surface area contributed by atoms with Gasteiger partial charge in [-0.3, -0.25) is 0 Å². The fourth-order valence-corrected chi connectivity index (χ4v) is 1.81. The molecule has 5 nitrogen and oxygen atoms in total. The second-order valence-corrected chi connectivity index (χ2v) is 5.28. The number of carboxylic acid groups (broad SMARTS) is 1. The first-order valence-electron chi connectivity index (χ1n) is 3.98. The highest BCUT2D eigenvalue weighted by molar-refractivity contribution is 7.91. The molecular formula is C9H10O5S. The van der Waals surface area contributed by atoms with Crippen LogP contribution in [0.25, 0.3) is 5.57 Å². The van der Waals surface area contributed by atoms with Gasteiger partial charge in [0.05, 0.1) is 5.75 Å². The third-order valence-electron chi connectivity index (χ3n) is 1.60. The maximum absolute atomic E-state index is 10.9. The van der Waals surface area contributed by atoms with Crippen LogP contribution >= 0.6 is 0 Å². The largest absolute Gasteiger partial charge is 0.475 e. The lowest BCUT2D eigenvalue weighted by Gasteiger charge is -1.99. The van der Waals surface area contributed by atoms with E-state index in [0.717, 1.165) is 6.26 Å². The number of aromatic carboxylic acids is 1. The Balaban J connectivity index is 2.88. The van der Waals surface area contributed by atoms with Crippen molar-refractivity contribution in [2.45, 2.75) is 0 Å². The summed E-state index contributed by atoms with van der Waals surface area (Å²) in [6, 6.07) is 2.64. The summed E-state index contributed by atoms with van der Waals surface area (Å²) < 4.78 is 26.8. The Bertz CT molecular complexity index is 494. The molecule has 15 heavy (non-hydrogen) atoms. The highest BCUT2D eigenvalue weighted by atomic mass is 32.2. The van der Waals surface area contributed by atoms with E-state index in [1.54, 1.807) is 0 Å². The first kappa shape index (κ1) is 11.5. The van der Waals surface area contributed by atoms with E-state index in [9.17, 15) is 13.2 Å². The van der Waals surface area contributed by atoms with Gasteiger partial charge in [0.25, 0.3) is 0 Å². The maximum Gasteiger partial charge on any atom is 0.371 e. The van der Waals surface area contributed by atoms with E-state index in [0.29, 0.717) is 0 Å². The van der Waals surface area contributed by atoms with Crippen LogP contribution in [-0.4, -0.2) is 31.5 Å². The highest BCUT2D eigenvalue weighted by Crippen LogP contribution is 2.17. The number of sulfone groups is 1. The minimum Gasteiger partial charge on any atom is -0.475 e. The topological polar surface area (TPSA) is 84.6 Å². The van der Waals surface area contributed by atoms with Crippen molar-refractivity contribution in [3.63, 3.8) is 0 Å². The Kier molecular flexibility index (Phi) is 2.99. The zero-order valence-electron chi connectivity index (χ0n) is 8.06. The van der Waals surface area contributed by atoms with Crippen LogP contribution in [0.3, 0.4) is 0 Å². The van der Waals surface area contributed by atoms with Gasteiger partial charge in [-0.05, 0) is 12.1 Å². The molecule has 0 atom stereocenters. The molecule has 82 valence electrons. The van der Waals surface area contributed by atoms with Crippen molar-refractivity contribution in [2.24, 2.45) is 0 Å². The summed E-state index contributed by atoms with van der Waals surface area (Å²) in [5.74, 6) is -1.51. The van der Waals surface area contributed by atoms with Crippen molar-refractivity contribution in [3.8, 4) is 0 Å². The second-order valence-electron chi connectivity index (χ2n) is 3.14. The van der Waals surface area contributed by atoms with Gasteiger partial charge in [-0.25, -0.2) is 13.2 Å². The summed E-state index contributed by atoms with van der Waals surface area (Å²) in [4.78, 5) is 10.5. The van der Waals surface area contributed by atoms with Crippen LogP contribution < -0.4 is 0 Å². The smallest absolute Gasteiger partial charge is 0.371 e. The monoisotopic (exact) mass is 230 g/mol. The Labute approximate surface area is 86.9 Å². The molecule has 0 saturated heterocycles. The standard InChI is InChI=1S/C9H10O5S/c1-6(5-15(2,12)13)7-3-4-8(14-7)9(10)11/h3-4H,1,5H2,2H3,(H,10,11). The van der Waals surface area contributed by atoms with Gasteiger partial charge in [-0.2, -0.15) is 0 Å². The SMILES string of the molecule is C=C(CS(C)(=O)=O)c1ccc(C(=O)O)o1. The molecule has 1 N–H and O–H groups in total. The van der Waals surface area contributed by atoms with Gasteiger partial charge < -0.3 is 9.52 Å². The molecule has 0 radical (unpaired) electrons. The number of rotatable bonds is 4. The van der Waals surface area contributed by atoms with Crippen LogP contribution in [0.15, 0.2) is 23.1 Å². The molecule has 0 aliphatic rings. The van der Waals surface area contributed by atoms with E-state index in [2.05, 4.69) is 6.58 Å². The Morgan fingerprint density at radius 2 is 2.00 bits per heavy atom. The summed E-state index contributed by atoms with van der Waals surface area (Å²) in [5, 5.41) is 8.57. The number of carbonyl (C=O) groups is 1. The molecule has 6 heteroatoms. The lowest BCUT2D eigenvalue weighted by atomic mass is 10.3. The molecule has 1 heterocycles. The van der Waals surface area contributed by atoms with Crippen LogP contribution in [0.1, 0.15) is 16.3 Å². The minimum absolute atomic E-state index is 0.179. The van der Waals surface area contributed by atoms with Crippen molar-refractivity contribution in [3.05, 3.63) is 30.2 Å². The molecule has 0 amide bonds. The van der Waals surface area contributed by atoms with Crippen LogP contribution in [0.5, 0.6) is 0 Å². The molecule has 0 unspecified atom stereocenters. The van der Waals surface area contributed by atoms with Crippen molar-refractivity contribution in [2.75, 3.05) is 12.0 Å². The number of hydrogen-bond acceptors (Lipinski definition) is 4. The van der Waals surface area contributed by atoms with Crippen LogP contribution in [0.2, 0.25) is 0 Å². The van der Waals surface area contributed by atoms with Crippen molar-refractivity contribution < 1.29 is 22.7 Å². The van der Waals surface area contributed by atoms with Crippen molar-refractivity contribution in [1.82, 2.24) is 0 Å². The molecule has 0 saturated carbocycles. The first-order valence-corrected chi connectivity index (χ1v) is 6.04. The molecule has 0 bridgehead atoms. The summed E-state index contributed by atoms with van der Waals surface area (Å²) >= 11 is 0. The van der Waals surface area contributed by atoms with Crippen molar-refractivity contribution in [1.29, 1.82) is 0 Å². The maximum atomic E-state index is 10.9. The molecule has 1 aromatic rings. The molecule has 0 aromatic carbocycles. The molecular weight excluding hydrogens is 220 g/mol. The Morgan fingerprint density at radius 1 is 1.47 bits per heavy atom. The van der Waals surface area contributed by atoms with Gasteiger partial charge in [0.15, 0.2) is 9.84 Å². The zero-order chi connectivity index (χ0) is 11.6. The van der Waals surface area contributed by atoms with E-state index < -0.39 is 15.8 Å². The lowest BCUT2D eigenvalue weighted by molar-refractivity contribution is 0.0662. The van der Waals surface area contributed by atoms with Crippen LogP contribution in [0.4, 0.5) is 0 Å². The van der Waals surface area contributed by atoms with E-state index in [4.69, 9.17) is 9.52 Å². The Hall–Kier alpha value is -1.56. The number of carboxylic acids is 1. The first-order chi connectivity index (χ1) is 6.79. The molecule has 1 aromatic heterocycles. The highest BCUT2D eigenvalue weighted by Gasteiger charge is 2.13. The fraction of sp³-hybridized carbons (Fsp3) is 0.222. The quantitative estimate of drug-likeness (QED) is 0.835. The van der Waals surface area contributed by atoms with Gasteiger partial charge >= 0.3 is 5.97 Å². The van der Waals surface area contributed by atoms with Gasteiger partial charge in [0, 0.05) is 11.8 Å². The van der Waals surface area contributed by atoms with E-state index in [1.807, 2.05) is 0 Å². The molecule has 0 aliphatic heterocycles. The minimum atomic E-state index is -3.19. The average molecular weight is 230 g/mol. The summed E-state index contributed by atoms with van der Waals surface area (Å²) in [6.45, 7) is 3.52. The Morgan fingerprint density at radius 3 is 2.40 bits per heavy atom. The molecule has 0 spiro atoms. The summed E-state index contributed by atoms with van der Waals surface area (Å²) in [7, 11) is -3.19. The van der Waals surface area contributed by atoms with Crippen LogP contribution in [-0.2, 0) is 9.84 Å². The molecule has 0 fully saturated rings. The summed E-state index contributed by atoms with van der Waals surface area (Å²) in [5.41, 5.74) is 0.241. The average Bonchev–Trinajstić information content (AvgIpc) is 2.47. The third kappa shape index (κ3) is 3.25. The van der Waals surface area contributed by atoms with Gasteiger partial charge in [-0.15, -0.1) is 0 Å². The van der Waals surface area contributed by atoms with E-state index >= 15 is 0 Å². The predicted octanol–water partition coefficient (Wildman–Crippen LogP) is 1.04. The van der Waals surface area contributed by atoms with Gasteiger partial charge in [-0.1, -0.05) is 6.58 Å². The lowest BCUT2D eigenvalue weighted by Crippen LogP contribution is -2.03. The van der Waals surface area contributed by atoms with Crippen molar-refractivity contribution >= 4 is 21.4 Å². The fourth-order valence-electron chi connectivity index (χ4n) is 1.03. The third-order valence-corrected chi connectivity index (χ3v) is 2.47. The predicted molar refractivity (Wildman–Crippen MR) is 54.4 cm³/mol. The van der Waals surface area contributed by atoms with E-state index in [-0.39, 0.29) is 22.8 Å². The van der Waals surface area contributed by atoms with Gasteiger partial charge in [0.2, 0.25) is 5.76 Å². The second kappa shape index (κ2) is 3.90. The number of furan rings is 1. The zero-order valence-corrected chi connectivity index (χ0v) is 8.87. The van der Waals surface area contributed by atoms with Gasteiger partial charge in [0.1, 0.15) is 5.76 Å². The number of hydrogen-bond donors (Lipinski definition) is 1. The molecule has 0 aliphatic carbocycles. The molecule has 1 rings (SSSR count). The summed E-state index contributed by atoms with van der Waals surface area (Å²) in [6.07, 6.45) is 1.07. The van der Waals surface area contributed by atoms with Crippen LogP contribution in [0, 0.1) is 0 Å². The normalized spacial score (nSPS) is 11.3.